The molecular weight excluding hydrogens is 798 g/mol. The van der Waals surface area contributed by atoms with Gasteiger partial charge in [-0.2, -0.15) is 18.2 Å². The van der Waals surface area contributed by atoms with Crippen LogP contribution in [0.3, 0.4) is 0 Å². The Morgan fingerprint density at radius 2 is 1.43 bits per heavy atom. The predicted molar refractivity (Wildman–Crippen MR) is 218 cm³/mol. The second-order valence-electron chi connectivity index (χ2n) is 15.7. The highest BCUT2D eigenvalue weighted by Gasteiger charge is 2.64. The monoisotopic (exact) mass is 840 g/mol. The summed E-state index contributed by atoms with van der Waals surface area (Å²) in [6.45, 7) is 7.54. The van der Waals surface area contributed by atoms with Crippen LogP contribution in [0, 0.1) is 0 Å². The quantitative estimate of drug-likeness (QED) is 0.119. The summed E-state index contributed by atoms with van der Waals surface area (Å²) in [7, 11) is -3.15. The Labute approximate surface area is 344 Å². The molecule has 4 aromatic carbocycles. The fourth-order valence-electron chi connectivity index (χ4n) is 8.15. The SMILES string of the molecule is CC(=O)O[C@H]1C2O[C@H](n3ccc(NC(=O)c4ccccc4)nc3=O)C[C@@]2(c2ccc(NC(=O)C(F)(F)F)cc2)O[C@@H]1CO[Si](c1ccccc1)(c1ccccc1)C(C)(C)C. The minimum Gasteiger partial charge on any atom is -0.457 e. The molecule has 0 bridgehead atoms. The first-order valence-corrected chi connectivity index (χ1v) is 21.1. The lowest BCUT2D eigenvalue weighted by Gasteiger charge is -2.43. The third kappa shape index (κ3) is 8.28. The molecule has 1 aromatic heterocycles. The number of nitrogens with one attached hydrogen (secondary N) is 2. The first kappa shape index (κ1) is 42.2. The number of hydrogen-bond acceptors (Lipinski definition) is 9. The molecule has 2 aliphatic rings. The van der Waals surface area contributed by atoms with Gasteiger partial charge in [0.2, 0.25) is 0 Å². The Balaban J connectivity index is 1.26. The largest absolute Gasteiger partial charge is 0.471 e. The average molecular weight is 841 g/mol. The molecule has 5 aromatic rings. The number of esters is 1. The van der Waals surface area contributed by atoms with Crippen LogP contribution in [0.2, 0.25) is 5.04 Å². The zero-order valence-corrected chi connectivity index (χ0v) is 34.1. The van der Waals surface area contributed by atoms with Crippen molar-refractivity contribution in [3.63, 3.8) is 0 Å². The first-order valence-electron chi connectivity index (χ1n) is 19.2. The number of halogens is 3. The van der Waals surface area contributed by atoms with Gasteiger partial charge in [-0.05, 0) is 51.3 Å². The third-order valence-corrected chi connectivity index (χ3v) is 15.8. The van der Waals surface area contributed by atoms with Crippen molar-refractivity contribution in [2.75, 3.05) is 17.2 Å². The molecule has 2 aliphatic heterocycles. The van der Waals surface area contributed by atoms with Gasteiger partial charge in [-0.1, -0.05) is 112 Å². The molecule has 16 heteroatoms. The van der Waals surface area contributed by atoms with Gasteiger partial charge in [-0.25, -0.2) is 4.79 Å². The van der Waals surface area contributed by atoms with Crippen molar-refractivity contribution in [3.8, 4) is 0 Å². The third-order valence-electron chi connectivity index (χ3n) is 10.8. The van der Waals surface area contributed by atoms with E-state index in [-0.39, 0.29) is 24.5 Å². The molecule has 2 amide bonds. The van der Waals surface area contributed by atoms with Crippen LogP contribution in [-0.2, 0) is 33.8 Å². The summed E-state index contributed by atoms with van der Waals surface area (Å²) >= 11 is 0. The Kier molecular flexibility index (Phi) is 11.7. The van der Waals surface area contributed by atoms with Crippen molar-refractivity contribution in [2.24, 2.45) is 0 Å². The molecule has 0 saturated carbocycles. The number of benzene rings is 4. The lowest BCUT2D eigenvalue weighted by atomic mass is 9.85. The maximum absolute atomic E-state index is 13.6. The van der Waals surface area contributed by atoms with Gasteiger partial charge in [0, 0.05) is 30.8 Å². The Hall–Kier alpha value is -5.94. The minimum atomic E-state index is -5.11. The van der Waals surface area contributed by atoms with Gasteiger partial charge in [-0.3, -0.25) is 19.0 Å². The number of carbonyl (C=O) groups excluding carboxylic acids is 3. The highest BCUT2D eigenvalue weighted by molar-refractivity contribution is 6.99. The lowest BCUT2D eigenvalue weighted by molar-refractivity contribution is -0.167. The molecule has 1 unspecified atom stereocenters. The number of aromatic nitrogens is 2. The van der Waals surface area contributed by atoms with Crippen molar-refractivity contribution in [3.05, 3.63) is 149 Å². The van der Waals surface area contributed by atoms with Crippen molar-refractivity contribution >= 4 is 48.0 Å². The fraction of sp³-hybridized carbons (Fsp3) is 0.295. The minimum absolute atomic E-state index is 0.00378. The van der Waals surface area contributed by atoms with E-state index in [1.54, 1.807) is 30.3 Å². The molecule has 2 saturated heterocycles. The van der Waals surface area contributed by atoms with Crippen LogP contribution in [0.5, 0.6) is 0 Å². The van der Waals surface area contributed by atoms with Crippen molar-refractivity contribution in [1.29, 1.82) is 0 Å². The summed E-state index contributed by atoms with van der Waals surface area (Å²) in [5.74, 6) is -3.24. The number of carbonyl (C=O) groups is 3. The summed E-state index contributed by atoms with van der Waals surface area (Å²) in [6.07, 6.45) is -7.89. The number of amides is 2. The Morgan fingerprint density at radius 1 is 0.850 bits per heavy atom. The van der Waals surface area contributed by atoms with Gasteiger partial charge >= 0.3 is 23.7 Å². The molecule has 0 radical (unpaired) electrons. The predicted octanol–water partition coefficient (Wildman–Crippen LogP) is 6.09. The normalized spacial score (nSPS) is 21.5. The highest BCUT2D eigenvalue weighted by Crippen LogP contribution is 2.54. The smallest absolute Gasteiger partial charge is 0.457 e. The van der Waals surface area contributed by atoms with Crippen LogP contribution in [0.1, 0.15) is 56.3 Å². The number of alkyl halides is 3. The van der Waals surface area contributed by atoms with Gasteiger partial charge in [0.15, 0.2) is 6.10 Å². The zero-order valence-electron chi connectivity index (χ0n) is 33.1. The Bertz CT molecular complexity index is 2360. The number of hydrogen-bond donors (Lipinski definition) is 2. The number of anilines is 2. The number of fused-ring (bicyclic) bond motifs is 1. The lowest BCUT2D eigenvalue weighted by Crippen LogP contribution is -2.67. The first-order chi connectivity index (χ1) is 28.5. The van der Waals surface area contributed by atoms with Crippen LogP contribution < -0.4 is 26.7 Å². The summed E-state index contributed by atoms with van der Waals surface area (Å²) in [5, 5.41) is 6.05. The maximum Gasteiger partial charge on any atom is 0.471 e. The van der Waals surface area contributed by atoms with Crippen LogP contribution in [0.4, 0.5) is 24.7 Å². The van der Waals surface area contributed by atoms with Gasteiger partial charge in [0.1, 0.15) is 29.9 Å². The van der Waals surface area contributed by atoms with E-state index in [1.165, 1.54) is 48.0 Å². The van der Waals surface area contributed by atoms with Crippen LogP contribution in [0.25, 0.3) is 0 Å². The van der Waals surface area contributed by atoms with Gasteiger partial charge in [-0.15, -0.1) is 0 Å². The summed E-state index contributed by atoms with van der Waals surface area (Å²) in [5.41, 5.74) is -1.57. The van der Waals surface area contributed by atoms with Crippen LogP contribution in [-0.4, -0.2) is 66.7 Å². The topological polar surface area (TPSA) is 147 Å². The van der Waals surface area contributed by atoms with Crippen LogP contribution in [0.15, 0.2) is 132 Å². The molecule has 5 atom stereocenters. The highest BCUT2D eigenvalue weighted by atomic mass is 28.4. The maximum atomic E-state index is 13.6. The van der Waals surface area contributed by atoms with E-state index < -0.39 is 73.1 Å². The van der Waals surface area contributed by atoms with Gasteiger partial charge < -0.3 is 29.3 Å². The molecule has 60 heavy (non-hydrogen) atoms. The summed E-state index contributed by atoms with van der Waals surface area (Å²) < 4.78 is 67.4. The molecule has 312 valence electrons. The molecule has 12 nitrogen and oxygen atoms in total. The van der Waals surface area contributed by atoms with E-state index in [0.717, 1.165) is 10.4 Å². The molecule has 3 heterocycles. The summed E-state index contributed by atoms with van der Waals surface area (Å²) in [6, 6.07) is 35.3. The molecule has 2 N–H and O–H groups in total. The number of rotatable bonds is 11. The van der Waals surface area contributed by atoms with Crippen molar-refractivity contribution in [1.82, 2.24) is 9.55 Å². The second-order valence-corrected chi connectivity index (χ2v) is 20.0. The summed E-state index contributed by atoms with van der Waals surface area (Å²) in [4.78, 5) is 55.0. The average Bonchev–Trinajstić information content (AvgIpc) is 3.72. The Morgan fingerprint density at radius 3 is 1.97 bits per heavy atom. The number of nitrogens with zero attached hydrogens (tertiary/aromatic N) is 2. The number of ether oxygens (including phenoxy) is 3. The van der Waals surface area contributed by atoms with Crippen LogP contribution >= 0.6 is 0 Å². The molecule has 0 spiro atoms. The van der Waals surface area contributed by atoms with Gasteiger partial charge in [0.05, 0.1) is 6.61 Å². The van der Waals surface area contributed by atoms with Crippen molar-refractivity contribution < 1.29 is 46.2 Å². The molecule has 7 rings (SSSR count). The van der Waals surface area contributed by atoms with E-state index in [9.17, 15) is 32.3 Å². The van der Waals surface area contributed by atoms with E-state index in [2.05, 4.69) is 31.1 Å². The second kappa shape index (κ2) is 16.6. The fourth-order valence-corrected chi connectivity index (χ4v) is 12.7. The van der Waals surface area contributed by atoms with E-state index in [1.807, 2.05) is 66.0 Å². The van der Waals surface area contributed by atoms with E-state index in [4.69, 9.17) is 18.6 Å². The molecular formula is C44H43F3N4O8Si. The molecule has 2 fully saturated rings. The van der Waals surface area contributed by atoms with Gasteiger partial charge in [0.25, 0.3) is 14.2 Å². The molecule has 0 aliphatic carbocycles. The van der Waals surface area contributed by atoms with Crippen molar-refractivity contribution in [2.45, 2.75) is 75.5 Å². The zero-order chi connectivity index (χ0) is 42.9. The van der Waals surface area contributed by atoms with E-state index >= 15 is 0 Å². The van der Waals surface area contributed by atoms with E-state index in [0.29, 0.717) is 11.1 Å². The standard InChI is InChI=1S/C44H43F3N4O8Si/c1-28(52)57-37-34(27-56-60(42(2,3)4,32-16-10-6-11-17-32)33-18-12-7-13-19-33)59-43(30-20-22-31(23-21-30)48-40(54)44(45,46)47)26-36(58-38(37)43)51-25-24-35(50-41(51)55)49-39(53)29-14-8-5-9-15-29/h5-25,34,36-38H,26-27H2,1-4H3,(H,48,54)(H,49,50,53,55)/t34-,36+,37-,38?,43+/m1/s1.